The molecule has 0 unspecified atom stereocenters. The first-order chi connectivity index (χ1) is 33.3. The Morgan fingerprint density at radius 1 is 0.464 bits per heavy atom. The molecule has 5 rings (SSSR count). The first-order valence-electron chi connectivity index (χ1n) is 24.2. The van der Waals surface area contributed by atoms with E-state index in [0.29, 0.717) is 55.5 Å². The third-order valence-corrected chi connectivity index (χ3v) is 13.0. The molecule has 0 bridgehead atoms. The Bertz CT molecular complexity index is 2450. The molecule has 0 aliphatic heterocycles. The zero-order chi connectivity index (χ0) is 49.3. The van der Waals surface area contributed by atoms with Gasteiger partial charge in [0.05, 0.1) is 72.4 Å². The van der Waals surface area contributed by atoms with E-state index in [0.717, 1.165) is 74.9 Å². The lowest BCUT2D eigenvalue weighted by Crippen LogP contribution is -2.10. The Morgan fingerprint density at radius 2 is 0.841 bits per heavy atom. The number of hydrogen-bond donors (Lipinski definition) is 0. The van der Waals surface area contributed by atoms with Gasteiger partial charge in [0.25, 0.3) is 0 Å². The van der Waals surface area contributed by atoms with E-state index in [1.54, 1.807) is 60.7 Å². The van der Waals surface area contributed by atoms with Gasteiger partial charge in [-0.2, -0.15) is 10.2 Å². The zero-order valence-corrected chi connectivity index (χ0v) is 41.9. The van der Waals surface area contributed by atoms with Crippen molar-refractivity contribution in [3.05, 3.63) is 132 Å². The van der Waals surface area contributed by atoms with Crippen LogP contribution < -0.4 is 18.9 Å². The first-order valence-corrected chi connectivity index (χ1v) is 25.7. The number of aryl methyl sites for hydroxylation is 1. The Labute approximate surface area is 409 Å². The van der Waals surface area contributed by atoms with E-state index in [2.05, 4.69) is 31.0 Å². The predicted molar refractivity (Wildman–Crippen MR) is 270 cm³/mol. The van der Waals surface area contributed by atoms with E-state index in [9.17, 15) is 18.0 Å². The third kappa shape index (κ3) is 19.7. The molecule has 5 aromatic carbocycles. The lowest BCUT2D eigenvalue weighted by atomic mass is 9.89. The second-order valence-corrected chi connectivity index (χ2v) is 20.2. The summed E-state index contributed by atoms with van der Waals surface area (Å²) >= 11 is 0. The number of unbranched alkanes of at least 4 members (excludes halogenated alkanes) is 9. The average Bonchev–Trinajstić information content (AvgIpc) is 3.35. The number of carbonyl (C=O) groups excluding carboxylic acids is 2. The summed E-state index contributed by atoms with van der Waals surface area (Å²) in [6.07, 6.45) is 12.3. The van der Waals surface area contributed by atoms with Crippen molar-refractivity contribution in [1.82, 2.24) is 0 Å². The summed E-state index contributed by atoms with van der Waals surface area (Å²) in [4.78, 5) is 25.8. The number of hydrogen-bond acceptors (Lipinski definition) is 12. The molecule has 0 amide bonds. The van der Waals surface area contributed by atoms with Crippen LogP contribution in [0.5, 0.6) is 23.0 Å². The molecule has 0 saturated carbocycles. The van der Waals surface area contributed by atoms with Gasteiger partial charge in [0.15, 0.2) is 0 Å². The van der Waals surface area contributed by atoms with Crippen LogP contribution in [0.2, 0.25) is 0 Å². The van der Waals surface area contributed by atoms with Crippen LogP contribution in [0.15, 0.2) is 135 Å². The number of sulfone groups is 1. The van der Waals surface area contributed by atoms with E-state index in [1.165, 1.54) is 38.0 Å². The molecular formula is C56H70N2O10S. The Kier molecular flexibility index (Phi) is 22.1. The molecule has 0 spiro atoms. The van der Waals surface area contributed by atoms with Crippen LogP contribution in [0, 0.1) is 12.3 Å². The monoisotopic (exact) mass is 962 g/mol. The van der Waals surface area contributed by atoms with Crippen molar-refractivity contribution >= 4 is 33.2 Å². The van der Waals surface area contributed by atoms with Crippen LogP contribution in [0.1, 0.15) is 131 Å². The standard InChI is InChI=1S/C56H70N2O10S/c1-43-18-20-46(21-19-43)57-58-47-22-24-48(25-23-47)64-36-14-8-9-16-38-67-51-41-44(54(59)63-5)40-45(42-51)55(60)68-39-17-11-10-15-37-66-50-28-32-53(33-29-50)69(61,62)52-30-26-49(27-31-52)65-35-13-7-6-12-34-56(2,3)4/h18-33,40-42H,6-17,34-39H2,1-5H3/b58-57+. The summed E-state index contributed by atoms with van der Waals surface area (Å²) in [7, 11) is -2.41. The molecule has 12 nitrogen and oxygen atoms in total. The Balaban J connectivity index is 0.921. The molecule has 0 atom stereocenters. The highest BCUT2D eigenvalue weighted by Crippen LogP contribution is 2.27. The van der Waals surface area contributed by atoms with Gasteiger partial charge in [-0.1, -0.05) is 57.7 Å². The SMILES string of the molecule is COC(=O)c1cc(OCCCCCCOc2ccc(/N=N/c3ccc(C)cc3)cc2)cc(C(=O)OCCCCCCOc2ccc(S(=O)(=O)c3ccc(OCCCCCCC(C)(C)C)cc3)cc2)c1. The number of rotatable bonds is 30. The topological polar surface area (TPSA) is 148 Å². The quantitative estimate of drug-likeness (QED) is 0.0247. The fourth-order valence-electron chi connectivity index (χ4n) is 7.17. The van der Waals surface area contributed by atoms with E-state index < -0.39 is 21.8 Å². The van der Waals surface area contributed by atoms with Gasteiger partial charge in [-0.25, -0.2) is 18.0 Å². The van der Waals surface area contributed by atoms with Crippen LogP contribution in [-0.4, -0.2) is 60.5 Å². The van der Waals surface area contributed by atoms with Gasteiger partial charge in [0, 0.05) is 0 Å². The number of nitrogens with zero attached hydrogens (tertiary/aromatic N) is 2. The van der Waals surface area contributed by atoms with Crippen LogP contribution in [0.3, 0.4) is 0 Å². The van der Waals surface area contributed by atoms with Gasteiger partial charge in [-0.3, -0.25) is 0 Å². The molecule has 0 saturated heterocycles. The van der Waals surface area contributed by atoms with Gasteiger partial charge < -0.3 is 28.4 Å². The van der Waals surface area contributed by atoms with E-state index in [-0.39, 0.29) is 27.5 Å². The minimum Gasteiger partial charge on any atom is -0.494 e. The van der Waals surface area contributed by atoms with Crippen molar-refractivity contribution < 1.29 is 46.4 Å². The molecule has 13 heteroatoms. The second kappa shape index (κ2) is 28.3. The molecule has 0 fully saturated rings. The fraction of sp³-hybridized carbons (Fsp3) is 0.429. The van der Waals surface area contributed by atoms with Crippen LogP contribution in [0.25, 0.3) is 0 Å². The number of methoxy groups -OCH3 is 1. The maximum atomic E-state index is 13.3. The summed E-state index contributed by atoms with van der Waals surface area (Å²) < 4.78 is 60.6. The molecule has 69 heavy (non-hydrogen) atoms. The number of benzene rings is 5. The normalized spacial score (nSPS) is 11.6. The summed E-state index contributed by atoms with van der Waals surface area (Å²) in [5.41, 5.74) is 3.52. The minimum absolute atomic E-state index is 0.192. The molecule has 0 N–H and O–H groups in total. The minimum atomic E-state index is -3.69. The van der Waals surface area contributed by atoms with E-state index >= 15 is 0 Å². The first kappa shape index (κ1) is 53.7. The van der Waals surface area contributed by atoms with Crippen LogP contribution in [0.4, 0.5) is 11.4 Å². The molecule has 0 aliphatic carbocycles. The van der Waals surface area contributed by atoms with Gasteiger partial charge in [-0.05, 0) is 180 Å². The fourth-order valence-corrected chi connectivity index (χ4v) is 8.43. The summed E-state index contributed by atoms with van der Waals surface area (Å²) in [6.45, 7) is 11.1. The van der Waals surface area contributed by atoms with Gasteiger partial charge >= 0.3 is 11.9 Å². The number of azo groups is 1. The molecule has 0 radical (unpaired) electrons. The van der Waals surface area contributed by atoms with Crippen LogP contribution >= 0.6 is 0 Å². The maximum absolute atomic E-state index is 13.3. The Morgan fingerprint density at radius 3 is 1.28 bits per heavy atom. The molecule has 370 valence electrons. The summed E-state index contributed by atoms with van der Waals surface area (Å²) in [6, 6.07) is 33.1. The highest BCUT2D eigenvalue weighted by Gasteiger charge is 2.19. The number of esters is 2. The van der Waals surface area contributed by atoms with Gasteiger partial charge in [-0.15, -0.1) is 0 Å². The summed E-state index contributed by atoms with van der Waals surface area (Å²) in [5.74, 6) is 1.29. The maximum Gasteiger partial charge on any atom is 0.338 e. The van der Waals surface area contributed by atoms with Crippen molar-refractivity contribution in [2.45, 2.75) is 121 Å². The third-order valence-electron chi connectivity index (χ3n) is 11.2. The molecule has 0 aliphatic rings. The second-order valence-electron chi connectivity index (χ2n) is 18.3. The van der Waals surface area contributed by atoms with Gasteiger partial charge in [0.2, 0.25) is 9.84 Å². The van der Waals surface area contributed by atoms with Crippen molar-refractivity contribution in [1.29, 1.82) is 0 Å². The lowest BCUT2D eigenvalue weighted by molar-refractivity contribution is 0.0496. The average molecular weight is 963 g/mol. The predicted octanol–water partition coefficient (Wildman–Crippen LogP) is 14.2. The highest BCUT2D eigenvalue weighted by atomic mass is 32.2. The largest absolute Gasteiger partial charge is 0.494 e. The molecule has 5 aromatic rings. The number of carbonyl (C=O) groups is 2. The van der Waals surface area contributed by atoms with Crippen molar-refractivity contribution in [2.24, 2.45) is 15.6 Å². The van der Waals surface area contributed by atoms with Crippen molar-refractivity contribution in [2.75, 3.05) is 40.1 Å². The zero-order valence-electron chi connectivity index (χ0n) is 41.1. The molecule has 0 aromatic heterocycles. The Hall–Kier alpha value is -6.21. The van der Waals surface area contributed by atoms with Crippen molar-refractivity contribution in [3.8, 4) is 23.0 Å². The van der Waals surface area contributed by atoms with E-state index in [1.807, 2.05) is 55.5 Å². The number of ether oxygens (including phenoxy) is 6. The molecular weight excluding hydrogens is 893 g/mol. The lowest BCUT2D eigenvalue weighted by Gasteiger charge is -2.17. The van der Waals surface area contributed by atoms with Crippen LogP contribution in [-0.2, 0) is 19.3 Å². The summed E-state index contributed by atoms with van der Waals surface area (Å²) in [5, 5.41) is 8.56. The van der Waals surface area contributed by atoms with Crippen molar-refractivity contribution in [3.63, 3.8) is 0 Å². The van der Waals surface area contributed by atoms with E-state index in [4.69, 9.17) is 28.4 Å². The highest BCUT2D eigenvalue weighted by molar-refractivity contribution is 7.91. The molecule has 0 heterocycles. The van der Waals surface area contributed by atoms with Gasteiger partial charge in [0.1, 0.15) is 23.0 Å². The smallest absolute Gasteiger partial charge is 0.338 e.